The Balaban J connectivity index is 0.851. The van der Waals surface area contributed by atoms with Crippen molar-refractivity contribution in [3.63, 3.8) is 0 Å². The van der Waals surface area contributed by atoms with Crippen LogP contribution in [0.2, 0.25) is 0 Å². The van der Waals surface area contributed by atoms with E-state index in [9.17, 15) is 14.4 Å². The summed E-state index contributed by atoms with van der Waals surface area (Å²) in [7, 11) is 3.53. The summed E-state index contributed by atoms with van der Waals surface area (Å²) >= 11 is 0. The molecule has 2 saturated carbocycles. The number of aromatic nitrogens is 4. The van der Waals surface area contributed by atoms with Gasteiger partial charge in [-0.2, -0.15) is 5.10 Å². The third-order valence-corrected chi connectivity index (χ3v) is 12.3. The molecule has 0 radical (unpaired) electrons. The zero-order valence-electron chi connectivity index (χ0n) is 31.2. The van der Waals surface area contributed by atoms with Crippen molar-refractivity contribution in [1.29, 1.82) is 0 Å². The molecule has 53 heavy (non-hydrogen) atoms. The number of carbonyl (C=O) groups is 3. The number of nitrogens with one attached hydrogen (secondary N) is 2. The summed E-state index contributed by atoms with van der Waals surface area (Å²) in [6.07, 6.45) is 12.9. The largest absolute Gasteiger partial charge is 0.345 e. The first-order valence-corrected chi connectivity index (χ1v) is 19.3. The lowest BCUT2D eigenvalue weighted by molar-refractivity contribution is -0.0217. The van der Waals surface area contributed by atoms with Crippen LogP contribution in [-0.2, 0) is 25.2 Å². The molecule has 12 nitrogen and oxygen atoms in total. The molecule has 1 saturated heterocycles. The number of imidazole rings is 1. The van der Waals surface area contributed by atoms with Crippen LogP contribution in [0.25, 0.3) is 0 Å². The highest BCUT2D eigenvalue weighted by Crippen LogP contribution is 2.49. The number of hydrogen-bond acceptors (Lipinski definition) is 7. The molecule has 3 amide bonds. The normalized spacial score (nSPS) is 18.9. The molecule has 1 spiro atoms. The highest BCUT2D eigenvalue weighted by atomic mass is 16.2. The minimum absolute atomic E-state index is 0.0000135. The Morgan fingerprint density at radius 2 is 1.55 bits per heavy atom. The maximum absolute atomic E-state index is 13.4. The van der Waals surface area contributed by atoms with Crippen LogP contribution in [0.15, 0.2) is 60.9 Å². The highest BCUT2D eigenvalue weighted by molar-refractivity contribution is 6.04. The van der Waals surface area contributed by atoms with E-state index in [4.69, 9.17) is 0 Å². The molecule has 8 rings (SSSR count). The standard InChI is InChI=1S/C41H51N9O3/c1-28-35(25-44-50(28)34-16-20-47(21-17-34)33-6-4-7-33)38(51)45-32-14-10-29(11-15-32)24-43-39(52)37-42-26-36-41(18-5-19-41)48(22-23-49(36)37)27-30-8-12-31(13-9-30)40(53)46(2)3/h8-15,25-26,33-34H,4-7,16-24,27H2,1-3H3,(H,43,52)(H,45,51). The number of hydrogen-bond donors (Lipinski definition) is 2. The molecule has 2 aromatic carbocycles. The molecule has 12 heteroatoms. The molecule has 0 atom stereocenters. The zero-order valence-corrected chi connectivity index (χ0v) is 31.2. The Hall–Kier alpha value is -4.81. The van der Waals surface area contributed by atoms with Gasteiger partial charge in [0.25, 0.3) is 17.7 Å². The molecule has 4 aromatic rings. The maximum atomic E-state index is 13.4. The summed E-state index contributed by atoms with van der Waals surface area (Å²) < 4.78 is 4.15. The average molecular weight is 718 g/mol. The highest BCUT2D eigenvalue weighted by Gasteiger charge is 2.49. The van der Waals surface area contributed by atoms with Crippen molar-refractivity contribution in [2.75, 3.05) is 39.0 Å². The fourth-order valence-corrected chi connectivity index (χ4v) is 8.72. The molecule has 0 unspecified atom stereocenters. The molecular weight excluding hydrogens is 667 g/mol. The van der Waals surface area contributed by atoms with E-state index in [1.54, 1.807) is 25.2 Å². The van der Waals surface area contributed by atoms with Gasteiger partial charge in [0.1, 0.15) is 0 Å². The van der Waals surface area contributed by atoms with E-state index in [0.717, 1.165) is 81.3 Å². The van der Waals surface area contributed by atoms with Crippen LogP contribution in [0.4, 0.5) is 5.69 Å². The van der Waals surface area contributed by atoms with Gasteiger partial charge in [-0.3, -0.25) is 24.0 Å². The Morgan fingerprint density at radius 1 is 0.830 bits per heavy atom. The average Bonchev–Trinajstić information content (AvgIpc) is 3.74. The number of rotatable bonds is 10. The summed E-state index contributed by atoms with van der Waals surface area (Å²) in [6, 6.07) is 16.6. The molecule has 4 heterocycles. The predicted molar refractivity (Wildman–Crippen MR) is 203 cm³/mol. The Morgan fingerprint density at radius 3 is 2.19 bits per heavy atom. The van der Waals surface area contributed by atoms with E-state index >= 15 is 0 Å². The van der Waals surface area contributed by atoms with Crippen molar-refractivity contribution >= 4 is 23.4 Å². The molecule has 278 valence electrons. The van der Waals surface area contributed by atoms with Crippen molar-refractivity contribution < 1.29 is 14.4 Å². The van der Waals surface area contributed by atoms with Crippen LogP contribution < -0.4 is 10.6 Å². The first kappa shape index (κ1) is 35.2. The fourth-order valence-electron chi connectivity index (χ4n) is 8.72. The zero-order chi connectivity index (χ0) is 36.7. The van der Waals surface area contributed by atoms with Crippen LogP contribution in [0.1, 0.15) is 111 Å². The van der Waals surface area contributed by atoms with Gasteiger partial charge in [0, 0.05) is 76.4 Å². The second-order valence-corrected chi connectivity index (χ2v) is 15.6. The maximum Gasteiger partial charge on any atom is 0.287 e. The molecule has 2 aromatic heterocycles. The minimum Gasteiger partial charge on any atom is -0.345 e. The first-order chi connectivity index (χ1) is 25.7. The molecule has 0 bridgehead atoms. The molecule has 2 aliphatic carbocycles. The lowest BCUT2D eigenvalue weighted by Crippen LogP contribution is -2.56. The third-order valence-electron chi connectivity index (χ3n) is 12.3. The van der Waals surface area contributed by atoms with Gasteiger partial charge in [-0.25, -0.2) is 4.98 Å². The number of anilines is 1. The number of fused-ring (bicyclic) bond motifs is 2. The van der Waals surface area contributed by atoms with Crippen molar-refractivity contribution in [3.05, 3.63) is 100 Å². The number of amides is 3. The third kappa shape index (κ3) is 6.78. The van der Waals surface area contributed by atoms with E-state index in [-0.39, 0.29) is 23.3 Å². The van der Waals surface area contributed by atoms with Crippen molar-refractivity contribution in [2.45, 2.75) is 95.5 Å². The molecule has 4 aliphatic rings. The molecular formula is C41H51N9O3. The topological polar surface area (TPSA) is 121 Å². The quantitative estimate of drug-likeness (QED) is 0.227. The first-order valence-electron chi connectivity index (χ1n) is 19.3. The molecule has 2 N–H and O–H groups in total. The van der Waals surface area contributed by atoms with E-state index in [0.29, 0.717) is 41.8 Å². The van der Waals surface area contributed by atoms with Crippen molar-refractivity contribution in [3.8, 4) is 0 Å². The number of benzene rings is 2. The lowest BCUT2D eigenvalue weighted by atomic mass is 9.72. The Kier molecular flexibility index (Phi) is 9.67. The van der Waals surface area contributed by atoms with E-state index in [1.807, 2.05) is 61.7 Å². The summed E-state index contributed by atoms with van der Waals surface area (Å²) in [5.74, 6) is 0.0862. The van der Waals surface area contributed by atoms with Crippen LogP contribution in [0.3, 0.4) is 0 Å². The summed E-state index contributed by atoms with van der Waals surface area (Å²) in [6.45, 7) is 6.83. The predicted octanol–water partition coefficient (Wildman–Crippen LogP) is 5.36. The molecule has 2 aliphatic heterocycles. The van der Waals surface area contributed by atoms with Crippen LogP contribution in [0, 0.1) is 6.92 Å². The Bertz CT molecular complexity index is 1960. The Labute approximate surface area is 311 Å². The number of nitrogens with zero attached hydrogens (tertiary/aromatic N) is 7. The van der Waals surface area contributed by atoms with Gasteiger partial charge in [0.2, 0.25) is 0 Å². The SMILES string of the molecule is Cc1c(C(=O)Nc2ccc(CNC(=O)c3ncc4n3CCN(Cc3ccc(C(=O)N(C)C)cc3)C43CCC3)cc2)cnn1C1CCN(C2CCC2)CC1. The van der Waals surface area contributed by atoms with Gasteiger partial charge < -0.3 is 25.0 Å². The van der Waals surface area contributed by atoms with E-state index < -0.39 is 0 Å². The fraction of sp³-hybridized carbons (Fsp3) is 0.488. The molecule has 3 fully saturated rings. The second-order valence-electron chi connectivity index (χ2n) is 15.6. The van der Waals surface area contributed by atoms with Crippen LogP contribution >= 0.6 is 0 Å². The van der Waals surface area contributed by atoms with Gasteiger partial charge in [-0.05, 0) is 87.3 Å². The van der Waals surface area contributed by atoms with Crippen molar-refractivity contribution in [1.82, 2.24) is 39.3 Å². The van der Waals surface area contributed by atoms with Gasteiger partial charge in [0.05, 0.1) is 35.2 Å². The number of piperidine rings is 1. The summed E-state index contributed by atoms with van der Waals surface area (Å²) in [5.41, 5.74) is 5.96. The van der Waals surface area contributed by atoms with Gasteiger partial charge >= 0.3 is 0 Å². The van der Waals surface area contributed by atoms with Crippen LogP contribution in [-0.4, -0.2) is 91.5 Å². The second kappa shape index (κ2) is 14.5. The summed E-state index contributed by atoms with van der Waals surface area (Å²) in [4.78, 5) is 50.4. The van der Waals surface area contributed by atoms with E-state index in [1.165, 1.54) is 24.8 Å². The lowest BCUT2D eigenvalue weighted by Gasteiger charge is -2.53. The van der Waals surface area contributed by atoms with E-state index in [2.05, 4.69) is 39.8 Å². The van der Waals surface area contributed by atoms with Gasteiger partial charge in [0.15, 0.2) is 5.82 Å². The minimum atomic E-state index is -0.195. The van der Waals surface area contributed by atoms with Crippen LogP contribution in [0.5, 0.6) is 0 Å². The monoisotopic (exact) mass is 717 g/mol. The smallest absolute Gasteiger partial charge is 0.287 e. The van der Waals surface area contributed by atoms with Gasteiger partial charge in [-0.15, -0.1) is 0 Å². The number of likely N-dealkylation sites (tertiary alicyclic amines) is 1. The van der Waals surface area contributed by atoms with Crippen molar-refractivity contribution in [2.24, 2.45) is 0 Å². The van der Waals surface area contributed by atoms with Gasteiger partial charge in [-0.1, -0.05) is 30.7 Å². The summed E-state index contributed by atoms with van der Waals surface area (Å²) in [5, 5.41) is 10.7. The number of carbonyl (C=O) groups excluding carboxylic acids is 3.